The SMILES string of the molecule is O=C(CCNc1cccc(Cl)c1)Nc1ccccc1F. The number of nitrogens with one attached hydrogen (secondary N) is 2. The molecule has 5 heteroatoms. The third-order valence-corrected chi connectivity index (χ3v) is 2.89. The van der Waals surface area contributed by atoms with E-state index in [0.717, 1.165) is 5.69 Å². The summed E-state index contributed by atoms with van der Waals surface area (Å²) in [7, 11) is 0. The van der Waals surface area contributed by atoms with E-state index in [9.17, 15) is 9.18 Å². The van der Waals surface area contributed by atoms with E-state index in [2.05, 4.69) is 10.6 Å². The van der Waals surface area contributed by atoms with Crippen LogP contribution >= 0.6 is 11.6 Å². The molecule has 1 amide bonds. The van der Waals surface area contributed by atoms with Gasteiger partial charge in [-0.15, -0.1) is 0 Å². The molecule has 2 N–H and O–H groups in total. The van der Waals surface area contributed by atoms with Crippen LogP contribution in [0.3, 0.4) is 0 Å². The van der Waals surface area contributed by atoms with Gasteiger partial charge >= 0.3 is 0 Å². The molecule has 0 aromatic heterocycles. The van der Waals surface area contributed by atoms with Gasteiger partial charge in [0.2, 0.25) is 5.91 Å². The lowest BCUT2D eigenvalue weighted by Gasteiger charge is -2.08. The Hall–Kier alpha value is -2.07. The summed E-state index contributed by atoms with van der Waals surface area (Å²) in [6, 6.07) is 13.3. The minimum atomic E-state index is -0.441. The molecule has 0 fully saturated rings. The normalized spacial score (nSPS) is 10.1. The van der Waals surface area contributed by atoms with E-state index in [0.29, 0.717) is 11.6 Å². The largest absolute Gasteiger partial charge is 0.384 e. The minimum Gasteiger partial charge on any atom is -0.384 e. The molecule has 20 heavy (non-hydrogen) atoms. The summed E-state index contributed by atoms with van der Waals surface area (Å²) in [5.74, 6) is -0.687. The number of carbonyl (C=O) groups is 1. The molecule has 0 aliphatic heterocycles. The highest BCUT2D eigenvalue weighted by atomic mass is 35.5. The monoisotopic (exact) mass is 292 g/mol. The average molecular weight is 293 g/mol. The Labute approximate surface area is 121 Å². The number of para-hydroxylation sites is 1. The van der Waals surface area contributed by atoms with Crippen LogP contribution in [0.25, 0.3) is 0 Å². The Morgan fingerprint density at radius 3 is 2.70 bits per heavy atom. The van der Waals surface area contributed by atoms with E-state index >= 15 is 0 Å². The van der Waals surface area contributed by atoms with Crippen molar-refractivity contribution in [2.75, 3.05) is 17.2 Å². The summed E-state index contributed by atoms with van der Waals surface area (Å²) < 4.78 is 13.3. The highest BCUT2D eigenvalue weighted by molar-refractivity contribution is 6.30. The Bertz CT molecular complexity index is 604. The fourth-order valence-corrected chi connectivity index (χ4v) is 1.88. The molecule has 0 aliphatic rings. The molecule has 0 bridgehead atoms. The summed E-state index contributed by atoms with van der Waals surface area (Å²) in [5, 5.41) is 6.24. The summed E-state index contributed by atoms with van der Waals surface area (Å²) in [6.45, 7) is 0.445. The molecule has 0 aliphatic carbocycles. The lowest BCUT2D eigenvalue weighted by atomic mass is 10.3. The van der Waals surface area contributed by atoms with Crippen LogP contribution in [0.15, 0.2) is 48.5 Å². The number of benzene rings is 2. The van der Waals surface area contributed by atoms with Crippen LogP contribution < -0.4 is 10.6 Å². The molecule has 0 unspecified atom stereocenters. The number of carbonyl (C=O) groups excluding carboxylic acids is 1. The molecule has 2 aromatic rings. The second-order valence-corrected chi connectivity index (χ2v) is 4.65. The van der Waals surface area contributed by atoms with Crippen LogP contribution in [0.5, 0.6) is 0 Å². The van der Waals surface area contributed by atoms with Gasteiger partial charge in [0.05, 0.1) is 5.69 Å². The quantitative estimate of drug-likeness (QED) is 0.877. The van der Waals surface area contributed by atoms with Gasteiger partial charge in [-0.25, -0.2) is 4.39 Å². The molecule has 0 saturated carbocycles. The maximum Gasteiger partial charge on any atom is 0.226 e. The van der Waals surface area contributed by atoms with Crippen molar-refractivity contribution in [1.29, 1.82) is 0 Å². The van der Waals surface area contributed by atoms with E-state index < -0.39 is 5.82 Å². The first kappa shape index (κ1) is 14.3. The van der Waals surface area contributed by atoms with E-state index in [1.807, 2.05) is 12.1 Å². The first-order valence-electron chi connectivity index (χ1n) is 6.19. The van der Waals surface area contributed by atoms with Crippen LogP contribution in [0.4, 0.5) is 15.8 Å². The van der Waals surface area contributed by atoms with Crippen molar-refractivity contribution in [2.45, 2.75) is 6.42 Å². The fraction of sp³-hybridized carbons (Fsp3) is 0.133. The molecular formula is C15H14ClFN2O. The maximum atomic E-state index is 13.3. The average Bonchev–Trinajstić information content (AvgIpc) is 2.41. The fourth-order valence-electron chi connectivity index (χ4n) is 1.69. The molecular weight excluding hydrogens is 279 g/mol. The lowest BCUT2D eigenvalue weighted by Crippen LogP contribution is -2.16. The van der Waals surface area contributed by atoms with Crippen LogP contribution in [0, 0.1) is 5.82 Å². The molecule has 0 atom stereocenters. The molecule has 0 radical (unpaired) electrons. The Balaban J connectivity index is 1.80. The molecule has 0 saturated heterocycles. The number of halogens is 2. The highest BCUT2D eigenvalue weighted by Crippen LogP contribution is 2.15. The van der Waals surface area contributed by atoms with Crippen molar-refractivity contribution in [3.05, 3.63) is 59.4 Å². The zero-order valence-electron chi connectivity index (χ0n) is 10.7. The third kappa shape index (κ3) is 4.24. The molecule has 104 valence electrons. The first-order chi connectivity index (χ1) is 9.65. The standard InChI is InChI=1S/C15H14ClFN2O/c16-11-4-3-5-12(10-11)18-9-8-15(20)19-14-7-2-1-6-13(14)17/h1-7,10,18H,8-9H2,(H,19,20). The molecule has 0 spiro atoms. The van der Waals surface area contributed by atoms with Gasteiger partial charge in [-0.1, -0.05) is 29.8 Å². The van der Waals surface area contributed by atoms with Crippen molar-refractivity contribution in [1.82, 2.24) is 0 Å². The van der Waals surface area contributed by atoms with E-state index in [1.165, 1.54) is 12.1 Å². The first-order valence-corrected chi connectivity index (χ1v) is 6.57. The third-order valence-electron chi connectivity index (χ3n) is 2.65. The van der Waals surface area contributed by atoms with Crippen LogP contribution in [-0.4, -0.2) is 12.5 Å². The molecule has 3 nitrogen and oxygen atoms in total. The van der Waals surface area contributed by atoms with Crippen LogP contribution in [0.1, 0.15) is 6.42 Å². The van der Waals surface area contributed by atoms with Crippen molar-refractivity contribution in [3.8, 4) is 0 Å². The summed E-state index contributed by atoms with van der Waals surface area (Å²) in [5.41, 5.74) is 1.04. The second kappa shape index (κ2) is 6.91. The highest BCUT2D eigenvalue weighted by Gasteiger charge is 2.05. The lowest BCUT2D eigenvalue weighted by molar-refractivity contribution is -0.116. The van der Waals surface area contributed by atoms with Gasteiger partial charge in [0.15, 0.2) is 0 Å². The van der Waals surface area contributed by atoms with Gasteiger partial charge in [0, 0.05) is 23.7 Å². The Morgan fingerprint density at radius 1 is 1.15 bits per heavy atom. The number of hydrogen-bond donors (Lipinski definition) is 2. The van der Waals surface area contributed by atoms with E-state index in [1.54, 1.807) is 24.3 Å². The smallest absolute Gasteiger partial charge is 0.226 e. The minimum absolute atomic E-state index is 0.195. The van der Waals surface area contributed by atoms with Crippen molar-refractivity contribution in [3.63, 3.8) is 0 Å². The van der Waals surface area contributed by atoms with E-state index in [-0.39, 0.29) is 18.0 Å². The zero-order valence-corrected chi connectivity index (χ0v) is 11.5. The van der Waals surface area contributed by atoms with Crippen molar-refractivity contribution in [2.24, 2.45) is 0 Å². The van der Waals surface area contributed by atoms with Crippen molar-refractivity contribution >= 4 is 28.9 Å². The molecule has 0 heterocycles. The summed E-state index contributed by atoms with van der Waals surface area (Å²) in [4.78, 5) is 11.7. The number of rotatable bonds is 5. The van der Waals surface area contributed by atoms with Crippen LogP contribution in [0.2, 0.25) is 5.02 Å². The Morgan fingerprint density at radius 2 is 1.95 bits per heavy atom. The van der Waals surface area contributed by atoms with Gasteiger partial charge in [-0.05, 0) is 30.3 Å². The zero-order chi connectivity index (χ0) is 14.4. The number of amides is 1. The second-order valence-electron chi connectivity index (χ2n) is 4.22. The van der Waals surface area contributed by atoms with Gasteiger partial charge in [-0.3, -0.25) is 4.79 Å². The predicted molar refractivity (Wildman–Crippen MR) is 79.6 cm³/mol. The number of hydrogen-bond acceptors (Lipinski definition) is 2. The van der Waals surface area contributed by atoms with Gasteiger partial charge in [0.25, 0.3) is 0 Å². The van der Waals surface area contributed by atoms with E-state index in [4.69, 9.17) is 11.6 Å². The van der Waals surface area contributed by atoms with Crippen molar-refractivity contribution < 1.29 is 9.18 Å². The van der Waals surface area contributed by atoms with Gasteiger partial charge in [-0.2, -0.15) is 0 Å². The number of anilines is 2. The molecule has 2 aromatic carbocycles. The molecule has 2 rings (SSSR count). The van der Waals surface area contributed by atoms with Gasteiger partial charge in [0.1, 0.15) is 5.82 Å². The summed E-state index contributed by atoms with van der Waals surface area (Å²) >= 11 is 5.85. The van der Waals surface area contributed by atoms with Crippen LogP contribution in [-0.2, 0) is 4.79 Å². The summed E-state index contributed by atoms with van der Waals surface area (Å²) in [6.07, 6.45) is 0.237. The Kier molecular flexibility index (Phi) is 4.96. The topological polar surface area (TPSA) is 41.1 Å². The maximum absolute atomic E-state index is 13.3. The van der Waals surface area contributed by atoms with Gasteiger partial charge < -0.3 is 10.6 Å². The predicted octanol–water partition coefficient (Wildman–Crippen LogP) is 3.92.